The highest BCUT2D eigenvalue weighted by Gasteiger charge is 2.05. The molecule has 18 heavy (non-hydrogen) atoms. The number of aryl methyl sites for hydroxylation is 2. The van der Waals surface area contributed by atoms with Gasteiger partial charge in [-0.15, -0.1) is 21.5 Å². The minimum Gasteiger partial charge on any atom is -0.348 e. The molecule has 0 atom stereocenters. The minimum absolute atomic E-state index is 0.666. The quantitative estimate of drug-likeness (QED) is 0.784. The first-order valence-electron chi connectivity index (χ1n) is 5.68. The van der Waals surface area contributed by atoms with Gasteiger partial charge in [0, 0.05) is 11.6 Å². The molecule has 0 fully saturated rings. The van der Waals surface area contributed by atoms with Crippen molar-refractivity contribution < 1.29 is 0 Å². The van der Waals surface area contributed by atoms with Gasteiger partial charge in [-0.1, -0.05) is 0 Å². The SMILES string of the molecule is Cc1ccn2c(NCc3csc(C)n3)nnc2c1. The molecule has 92 valence electrons. The lowest BCUT2D eigenvalue weighted by atomic mass is 10.3. The first-order chi connectivity index (χ1) is 8.72. The molecule has 0 amide bonds. The second-order valence-corrected chi connectivity index (χ2v) is 5.23. The zero-order valence-electron chi connectivity index (χ0n) is 10.2. The summed E-state index contributed by atoms with van der Waals surface area (Å²) in [6, 6.07) is 4.04. The summed E-state index contributed by atoms with van der Waals surface area (Å²) in [5, 5.41) is 14.6. The molecule has 5 nitrogen and oxygen atoms in total. The highest BCUT2D eigenvalue weighted by Crippen LogP contribution is 2.12. The van der Waals surface area contributed by atoms with Gasteiger partial charge in [-0.2, -0.15) is 0 Å². The van der Waals surface area contributed by atoms with Crippen molar-refractivity contribution in [2.75, 3.05) is 5.32 Å². The maximum Gasteiger partial charge on any atom is 0.229 e. The first kappa shape index (κ1) is 11.2. The van der Waals surface area contributed by atoms with Crippen molar-refractivity contribution in [1.29, 1.82) is 0 Å². The third-order valence-corrected chi connectivity index (χ3v) is 3.48. The van der Waals surface area contributed by atoms with Crippen LogP contribution in [-0.4, -0.2) is 19.6 Å². The lowest BCUT2D eigenvalue weighted by Crippen LogP contribution is -2.03. The Labute approximate surface area is 109 Å². The molecule has 0 saturated heterocycles. The molecule has 3 aromatic rings. The van der Waals surface area contributed by atoms with Crippen LogP contribution in [0.2, 0.25) is 0 Å². The van der Waals surface area contributed by atoms with Crippen LogP contribution in [0.3, 0.4) is 0 Å². The molecular formula is C12H13N5S. The average Bonchev–Trinajstić information content (AvgIpc) is 2.92. The van der Waals surface area contributed by atoms with Crippen LogP contribution in [0.25, 0.3) is 5.65 Å². The number of anilines is 1. The molecule has 0 radical (unpaired) electrons. The van der Waals surface area contributed by atoms with E-state index in [-0.39, 0.29) is 0 Å². The molecule has 0 bridgehead atoms. The molecule has 6 heteroatoms. The van der Waals surface area contributed by atoms with E-state index in [4.69, 9.17) is 0 Å². The fraction of sp³-hybridized carbons (Fsp3) is 0.250. The Hall–Kier alpha value is -1.95. The molecule has 3 rings (SSSR count). The number of hydrogen-bond acceptors (Lipinski definition) is 5. The smallest absolute Gasteiger partial charge is 0.229 e. The Bertz CT molecular complexity index is 685. The summed E-state index contributed by atoms with van der Waals surface area (Å²) in [5.74, 6) is 0.746. The van der Waals surface area contributed by atoms with Crippen molar-refractivity contribution in [3.63, 3.8) is 0 Å². The van der Waals surface area contributed by atoms with E-state index < -0.39 is 0 Å². The molecular weight excluding hydrogens is 246 g/mol. The molecule has 0 aliphatic carbocycles. The molecule has 3 aromatic heterocycles. The van der Waals surface area contributed by atoms with Gasteiger partial charge < -0.3 is 5.32 Å². The Morgan fingerprint density at radius 3 is 3.00 bits per heavy atom. The summed E-state index contributed by atoms with van der Waals surface area (Å²) < 4.78 is 1.94. The highest BCUT2D eigenvalue weighted by molar-refractivity contribution is 7.09. The van der Waals surface area contributed by atoms with E-state index in [1.807, 2.05) is 36.6 Å². The number of nitrogens with zero attached hydrogens (tertiary/aromatic N) is 4. The van der Waals surface area contributed by atoms with Crippen LogP contribution in [-0.2, 0) is 6.54 Å². The van der Waals surface area contributed by atoms with Crippen LogP contribution in [0, 0.1) is 13.8 Å². The minimum atomic E-state index is 0.666. The number of nitrogens with one attached hydrogen (secondary N) is 1. The summed E-state index contributed by atoms with van der Waals surface area (Å²) >= 11 is 1.65. The average molecular weight is 259 g/mol. The summed E-state index contributed by atoms with van der Waals surface area (Å²) in [7, 11) is 0. The number of pyridine rings is 1. The molecule has 0 saturated carbocycles. The molecule has 0 unspecified atom stereocenters. The number of aromatic nitrogens is 4. The molecule has 0 aliphatic rings. The Morgan fingerprint density at radius 1 is 1.33 bits per heavy atom. The summed E-state index contributed by atoms with van der Waals surface area (Å²) in [6.45, 7) is 4.71. The number of fused-ring (bicyclic) bond motifs is 1. The normalized spacial score (nSPS) is 11.0. The van der Waals surface area contributed by atoms with Crippen LogP contribution in [0.4, 0.5) is 5.95 Å². The molecule has 0 spiro atoms. The molecule has 0 aliphatic heterocycles. The van der Waals surface area contributed by atoms with Gasteiger partial charge in [0.25, 0.3) is 0 Å². The van der Waals surface area contributed by atoms with E-state index in [1.54, 1.807) is 11.3 Å². The van der Waals surface area contributed by atoms with E-state index in [9.17, 15) is 0 Å². The van der Waals surface area contributed by atoms with Crippen molar-refractivity contribution in [2.45, 2.75) is 20.4 Å². The molecule has 1 N–H and O–H groups in total. The third-order valence-electron chi connectivity index (χ3n) is 2.66. The topological polar surface area (TPSA) is 55.1 Å². The number of thiazole rings is 1. The van der Waals surface area contributed by atoms with Crippen LogP contribution >= 0.6 is 11.3 Å². The number of rotatable bonds is 3. The fourth-order valence-electron chi connectivity index (χ4n) is 1.77. The van der Waals surface area contributed by atoms with Crippen molar-refractivity contribution in [2.24, 2.45) is 0 Å². The lowest BCUT2D eigenvalue weighted by molar-refractivity contribution is 0.992. The summed E-state index contributed by atoms with van der Waals surface area (Å²) in [6.07, 6.45) is 1.97. The Balaban J connectivity index is 1.82. The van der Waals surface area contributed by atoms with E-state index in [0.717, 1.165) is 22.3 Å². The largest absolute Gasteiger partial charge is 0.348 e. The standard InChI is InChI=1S/C12H13N5S/c1-8-3-4-17-11(5-8)15-16-12(17)13-6-10-7-18-9(2)14-10/h3-5,7H,6H2,1-2H3,(H,13,16). The zero-order chi connectivity index (χ0) is 12.5. The van der Waals surface area contributed by atoms with Crippen molar-refractivity contribution >= 4 is 22.9 Å². The number of hydrogen-bond donors (Lipinski definition) is 1. The zero-order valence-corrected chi connectivity index (χ0v) is 11.0. The molecule has 0 aromatic carbocycles. The van der Waals surface area contributed by atoms with Crippen LogP contribution in [0.1, 0.15) is 16.3 Å². The molecule has 3 heterocycles. The highest BCUT2D eigenvalue weighted by atomic mass is 32.1. The van der Waals surface area contributed by atoms with Gasteiger partial charge in [0.1, 0.15) is 0 Å². The van der Waals surface area contributed by atoms with Crippen LogP contribution in [0.5, 0.6) is 0 Å². The Kier molecular flexibility index (Phi) is 2.71. The van der Waals surface area contributed by atoms with Gasteiger partial charge in [0.05, 0.1) is 17.2 Å². The predicted octanol–water partition coefficient (Wildman–Crippen LogP) is 2.41. The van der Waals surface area contributed by atoms with Crippen molar-refractivity contribution in [3.05, 3.63) is 40.0 Å². The second-order valence-electron chi connectivity index (χ2n) is 4.17. The summed E-state index contributed by atoms with van der Waals surface area (Å²) in [5.41, 5.74) is 3.06. The van der Waals surface area contributed by atoms with Gasteiger partial charge >= 0.3 is 0 Å². The Morgan fingerprint density at radius 2 is 2.22 bits per heavy atom. The van der Waals surface area contributed by atoms with Gasteiger partial charge in [-0.3, -0.25) is 4.40 Å². The van der Waals surface area contributed by atoms with E-state index >= 15 is 0 Å². The second kappa shape index (κ2) is 4.38. The lowest BCUT2D eigenvalue weighted by Gasteiger charge is -2.02. The third kappa shape index (κ3) is 2.06. The van der Waals surface area contributed by atoms with E-state index in [0.29, 0.717) is 6.54 Å². The van der Waals surface area contributed by atoms with E-state index in [2.05, 4.69) is 25.9 Å². The van der Waals surface area contributed by atoms with Gasteiger partial charge in [-0.05, 0) is 31.5 Å². The van der Waals surface area contributed by atoms with Crippen LogP contribution < -0.4 is 5.32 Å². The maximum absolute atomic E-state index is 4.40. The van der Waals surface area contributed by atoms with Crippen LogP contribution in [0.15, 0.2) is 23.7 Å². The van der Waals surface area contributed by atoms with E-state index in [1.165, 1.54) is 5.56 Å². The maximum atomic E-state index is 4.40. The van der Waals surface area contributed by atoms with Gasteiger partial charge in [-0.25, -0.2) is 4.98 Å². The fourth-order valence-corrected chi connectivity index (χ4v) is 2.38. The predicted molar refractivity (Wildman–Crippen MR) is 71.9 cm³/mol. The van der Waals surface area contributed by atoms with Crippen molar-refractivity contribution in [1.82, 2.24) is 19.6 Å². The van der Waals surface area contributed by atoms with Gasteiger partial charge in [0.2, 0.25) is 5.95 Å². The summed E-state index contributed by atoms with van der Waals surface area (Å²) in [4.78, 5) is 4.40. The van der Waals surface area contributed by atoms with Crippen molar-refractivity contribution in [3.8, 4) is 0 Å². The monoisotopic (exact) mass is 259 g/mol. The van der Waals surface area contributed by atoms with Gasteiger partial charge in [0.15, 0.2) is 5.65 Å². The first-order valence-corrected chi connectivity index (χ1v) is 6.56.